The van der Waals surface area contributed by atoms with Gasteiger partial charge in [-0.1, -0.05) is 253 Å². The van der Waals surface area contributed by atoms with Crippen LogP contribution in [-0.4, -0.2) is 15.8 Å². The van der Waals surface area contributed by atoms with Crippen molar-refractivity contribution in [1.82, 2.24) is 9.13 Å². The molecule has 12 aromatic carbocycles. The zero-order chi connectivity index (χ0) is 68.0. The fourth-order valence-electron chi connectivity index (χ4n) is 15.1. The van der Waals surface area contributed by atoms with Gasteiger partial charge in [0.15, 0.2) is 0 Å². The first-order chi connectivity index (χ1) is 46.8. The van der Waals surface area contributed by atoms with E-state index in [1.165, 1.54) is 55.1 Å². The average Bonchev–Trinajstić information content (AvgIpc) is 1.06. The Labute approximate surface area is 562 Å². The summed E-state index contributed by atoms with van der Waals surface area (Å²) in [7, 11) is 0. The van der Waals surface area contributed by atoms with Gasteiger partial charge >= 0.3 is 0 Å². The smallest absolute Gasteiger partial charge is 0.256 e. The molecule has 0 atom stereocenters. The molecule has 2 aliphatic rings. The van der Waals surface area contributed by atoms with Crippen LogP contribution in [0.3, 0.4) is 0 Å². The lowest BCUT2D eigenvalue weighted by Crippen LogP contribution is -2.59. The van der Waals surface area contributed by atoms with Crippen molar-refractivity contribution < 1.29 is 10.2 Å². The van der Waals surface area contributed by atoms with E-state index < -0.39 is 6.71 Å². The highest BCUT2D eigenvalue weighted by atomic mass is 32.1. The molecule has 17 rings (SSSR count). The molecule has 0 saturated carbocycles. The third kappa shape index (κ3) is 9.07. The number of para-hydroxylation sites is 1. The Morgan fingerprint density at radius 2 is 0.851 bits per heavy atom. The van der Waals surface area contributed by atoms with Crippen LogP contribution in [0.2, 0.25) is 0 Å². The molecule has 0 unspecified atom stereocenters. The van der Waals surface area contributed by atoms with Crippen LogP contribution in [0.4, 0.5) is 17.1 Å². The molecule has 0 saturated heterocycles. The van der Waals surface area contributed by atoms with Crippen molar-refractivity contribution in [1.29, 1.82) is 0 Å². The van der Waals surface area contributed by atoms with E-state index in [0.29, 0.717) is 21.6 Å². The normalized spacial score (nSPS) is 14.0. The highest BCUT2D eigenvalue weighted by Crippen LogP contribution is 2.53. The molecule has 0 aliphatic carbocycles. The Balaban J connectivity index is 1.07. The number of thiophene rings is 1. The minimum absolute atomic E-state index is 0.0494. The van der Waals surface area contributed by atoms with E-state index in [2.05, 4.69) is 316 Å². The Morgan fingerprint density at radius 1 is 0.383 bits per heavy atom. The summed E-state index contributed by atoms with van der Waals surface area (Å²) in [6, 6.07) is 81.0. The molecule has 0 amide bonds. The summed E-state index contributed by atoms with van der Waals surface area (Å²) in [5.74, 6) is 1.34. The van der Waals surface area contributed by atoms with Crippen LogP contribution in [0, 0.1) is 0 Å². The molecule has 0 bridgehead atoms. The number of aromatic nitrogens is 2. The van der Waals surface area contributed by atoms with Crippen LogP contribution in [0.5, 0.6) is 11.5 Å². The number of hydrogen-bond acceptors (Lipinski definition) is 3. The third-order valence-corrected chi connectivity index (χ3v) is 21.3. The van der Waals surface area contributed by atoms with Crippen LogP contribution in [-0.2, 0) is 21.7 Å². The Hall–Kier alpha value is -9.88. The van der Waals surface area contributed by atoms with Crippen molar-refractivity contribution in [3.63, 3.8) is 0 Å². The average molecular weight is 1240 g/mol. The first kappa shape index (κ1) is 53.6. The Kier molecular flexibility index (Phi) is 11.9. The molecule has 94 heavy (non-hydrogen) atoms. The van der Waals surface area contributed by atoms with Gasteiger partial charge in [0, 0.05) is 71.1 Å². The molecule has 458 valence electrons. The van der Waals surface area contributed by atoms with Gasteiger partial charge in [0.25, 0.3) is 6.71 Å². The number of benzene rings is 12. The van der Waals surface area contributed by atoms with Crippen LogP contribution >= 0.6 is 11.3 Å². The highest BCUT2D eigenvalue weighted by molar-refractivity contribution is 7.26. The molecule has 0 spiro atoms. The summed E-state index contributed by atoms with van der Waals surface area (Å²) < 4.78 is 50.7. The van der Waals surface area contributed by atoms with E-state index in [1.54, 1.807) is 0 Å². The quantitative estimate of drug-likeness (QED) is 0.155. The van der Waals surface area contributed by atoms with Gasteiger partial charge in [0.2, 0.25) is 0 Å². The van der Waals surface area contributed by atoms with E-state index in [0.717, 1.165) is 110 Å². The van der Waals surface area contributed by atoms with Gasteiger partial charge in [-0.2, -0.15) is 0 Å². The van der Waals surface area contributed by atoms with Gasteiger partial charge in [-0.15, -0.1) is 11.3 Å². The molecule has 15 aromatic rings. The Morgan fingerprint density at radius 3 is 1.34 bits per heavy atom. The molecular formula is C88H76BN3OS. The van der Waals surface area contributed by atoms with Crippen LogP contribution < -0.4 is 26.0 Å². The predicted octanol–water partition coefficient (Wildman–Crippen LogP) is 22.8. The second-order valence-corrected chi connectivity index (χ2v) is 31.3. The summed E-state index contributed by atoms with van der Waals surface area (Å²) in [4.78, 5) is 2.58. The van der Waals surface area contributed by atoms with E-state index in [1.807, 2.05) is 0 Å². The summed E-state index contributed by atoms with van der Waals surface area (Å²) in [5.41, 5.74) is 23.5. The minimum atomic E-state index is -0.424. The number of hydrogen-bond donors (Lipinski definition) is 0. The van der Waals surface area contributed by atoms with E-state index >= 15 is 0 Å². The second-order valence-electron chi connectivity index (χ2n) is 30.2. The van der Waals surface area contributed by atoms with Crippen LogP contribution in [0.1, 0.15) is 111 Å². The van der Waals surface area contributed by atoms with Crippen molar-refractivity contribution in [3.8, 4) is 56.3 Å². The number of rotatable bonds is 6. The largest absolute Gasteiger partial charge is 0.457 e. The van der Waals surface area contributed by atoms with Crippen LogP contribution in [0.25, 0.3) is 109 Å². The van der Waals surface area contributed by atoms with Crippen molar-refractivity contribution in [2.45, 2.75) is 105 Å². The molecule has 6 heteroatoms. The lowest BCUT2D eigenvalue weighted by molar-refractivity contribution is 0.493. The van der Waals surface area contributed by atoms with Crippen LogP contribution in [0.15, 0.2) is 243 Å². The molecule has 4 nitrogen and oxygen atoms in total. The molecule has 0 N–H and O–H groups in total. The minimum Gasteiger partial charge on any atom is -0.457 e. The van der Waals surface area contributed by atoms with Gasteiger partial charge in [0.1, 0.15) is 11.5 Å². The van der Waals surface area contributed by atoms with Crippen molar-refractivity contribution in [3.05, 3.63) is 265 Å². The number of ether oxygens (including phenoxy) is 1. The van der Waals surface area contributed by atoms with E-state index in [9.17, 15) is 2.74 Å². The maximum Gasteiger partial charge on any atom is 0.256 e. The molecule has 5 heterocycles. The first-order valence-corrected chi connectivity index (χ1v) is 33.9. The van der Waals surface area contributed by atoms with Gasteiger partial charge in [0.05, 0.1) is 49.3 Å². The summed E-state index contributed by atoms with van der Waals surface area (Å²) >= 11 is 1.39. The van der Waals surface area contributed by atoms with Gasteiger partial charge in [-0.25, -0.2) is 0 Å². The molecular weight excluding hydrogens is 1160 g/mol. The van der Waals surface area contributed by atoms with Crippen molar-refractivity contribution in [2.75, 3.05) is 4.90 Å². The molecule has 3 aromatic heterocycles. The number of fused-ring (bicyclic) bond motifs is 14. The maximum atomic E-state index is 9.41. The van der Waals surface area contributed by atoms with E-state index in [4.69, 9.17) is 7.48 Å². The summed E-state index contributed by atoms with van der Waals surface area (Å²) in [5, 5.41) is 6.01. The zero-order valence-electron chi connectivity index (χ0n) is 59.5. The van der Waals surface area contributed by atoms with Gasteiger partial charge in [-0.05, 0) is 144 Å². The van der Waals surface area contributed by atoms with Crippen molar-refractivity contribution >= 4 is 115 Å². The second kappa shape index (κ2) is 20.8. The van der Waals surface area contributed by atoms with Gasteiger partial charge < -0.3 is 18.8 Å². The standard InChI is InChI=1S/C88H76BN3OS/c1-85(2,3)56-35-41-72-66(45-56)67-46-57(86(4,5)6)36-42-73(67)90(72)60-49-78-81-79(50-60)93-83-70(40-39-64-63-31-22-23-34-80(63)94-84(64)83)89(81)71-51-65(55-29-20-15-21-30-55)76(91-74-43-37-58(87(7,8)9)47-68(74)69-48-59(88(10,11)12)38-44-75(69)91)52-77(71)92(78)82-61(53-25-16-13-17-26-53)32-24-33-62(82)54-27-18-14-19-28-54/h13-52H,1-12H3/i22D,23D,31D,34D. The molecule has 0 fully saturated rings. The lowest BCUT2D eigenvalue weighted by atomic mass is 9.34. The number of nitrogens with zero attached hydrogens (tertiary/aromatic N) is 3. The maximum absolute atomic E-state index is 9.41. The molecule has 2 aliphatic heterocycles. The number of anilines is 3. The lowest BCUT2D eigenvalue weighted by Gasteiger charge is -2.42. The highest BCUT2D eigenvalue weighted by Gasteiger charge is 2.45. The van der Waals surface area contributed by atoms with E-state index in [-0.39, 0.29) is 45.8 Å². The summed E-state index contributed by atoms with van der Waals surface area (Å²) in [6.45, 7) is 27.1. The zero-order valence-corrected chi connectivity index (χ0v) is 56.3. The third-order valence-electron chi connectivity index (χ3n) is 20.1. The topological polar surface area (TPSA) is 22.3 Å². The summed E-state index contributed by atoms with van der Waals surface area (Å²) in [6.07, 6.45) is 0. The first-order valence-electron chi connectivity index (χ1n) is 35.1. The fraction of sp³-hybridized carbons (Fsp3) is 0.182. The Bertz CT molecular complexity index is 5680. The monoisotopic (exact) mass is 1240 g/mol. The van der Waals surface area contributed by atoms with Gasteiger partial charge in [-0.3, -0.25) is 0 Å². The SMILES string of the molecule is [2H]c1c([2H])c([2H])c2c(sc3c4c(ccc32)B2c3cc(-c5ccccc5)c(-n5c6ccc(C(C)(C)C)cc6c6cc(C(C)(C)C)ccc65)cc3N(c3c(-c5ccccc5)cccc3-c3ccccc3)c3cc(-n5c6ccc(C(C)(C)C)cc6c6cc(C(C)(C)C)ccc65)cc(c32)O4)c1[2H]. The molecule has 0 radical (unpaired) electrons. The van der Waals surface area contributed by atoms with Crippen molar-refractivity contribution in [2.24, 2.45) is 0 Å². The predicted molar refractivity (Wildman–Crippen MR) is 405 cm³/mol. The fourth-order valence-corrected chi connectivity index (χ4v) is 16.2.